The SMILES string of the molecule is O=C(Nc1ccc2nc3ccc(C(=O)O)nn3c(=O)c2c1)c1ccccc1. The van der Waals surface area contributed by atoms with Gasteiger partial charge in [0, 0.05) is 11.3 Å². The predicted molar refractivity (Wildman–Crippen MR) is 98.1 cm³/mol. The van der Waals surface area contributed by atoms with Crippen molar-refractivity contribution in [1.29, 1.82) is 0 Å². The molecule has 2 N–H and O–H groups in total. The third-order valence-electron chi connectivity index (χ3n) is 3.98. The largest absolute Gasteiger partial charge is 0.476 e. The quantitative estimate of drug-likeness (QED) is 0.542. The van der Waals surface area contributed by atoms with Crippen molar-refractivity contribution in [3.8, 4) is 0 Å². The van der Waals surface area contributed by atoms with E-state index in [9.17, 15) is 14.4 Å². The number of hydrogen-bond donors (Lipinski definition) is 2. The molecule has 0 fully saturated rings. The zero-order valence-corrected chi connectivity index (χ0v) is 13.8. The second kappa shape index (κ2) is 6.34. The lowest BCUT2D eigenvalue weighted by Crippen LogP contribution is -2.20. The summed E-state index contributed by atoms with van der Waals surface area (Å²) >= 11 is 0. The van der Waals surface area contributed by atoms with Crippen molar-refractivity contribution in [3.63, 3.8) is 0 Å². The van der Waals surface area contributed by atoms with E-state index >= 15 is 0 Å². The molecule has 2 aromatic carbocycles. The predicted octanol–water partition coefficient (Wildman–Crippen LogP) is 2.19. The third kappa shape index (κ3) is 2.99. The Morgan fingerprint density at radius 1 is 1.00 bits per heavy atom. The van der Waals surface area contributed by atoms with Crippen molar-refractivity contribution in [3.05, 3.63) is 82.3 Å². The fourth-order valence-electron chi connectivity index (χ4n) is 2.68. The molecule has 1 amide bonds. The van der Waals surface area contributed by atoms with Crippen molar-refractivity contribution in [1.82, 2.24) is 14.6 Å². The standard InChI is InChI=1S/C19H12N4O4/c24-17(11-4-2-1-3-5-11)20-12-6-7-14-13(10-12)18(25)23-16(21-14)9-8-15(22-23)19(26)27/h1-10H,(H,20,24)(H,26,27). The molecular formula is C19H12N4O4. The number of rotatable bonds is 3. The lowest BCUT2D eigenvalue weighted by atomic mass is 10.2. The van der Waals surface area contributed by atoms with Crippen molar-refractivity contribution in [2.24, 2.45) is 0 Å². The average molecular weight is 360 g/mol. The van der Waals surface area contributed by atoms with Gasteiger partial charge in [-0.1, -0.05) is 18.2 Å². The van der Waals surface area contributed by atoms with Crippen LogP contribution in [-0.2, 0) is 0 Å². The summed E-state index contributed by atoms with van der Waals surface area (Å²) in [7, 11) is 0. The van der Waals surface area contributed by atoms with Crippen LogP contribution in [0.2, 0.25) is 0 Å². The summed E-state index contributed by atoms with van der Waals surface area (Å²) < 4.78 is 0.939. The number of anilines is 1. The van der Waals surface area contributed by atoms with E-state index in [0.29, 0.717) is 16.8 Å². The lowest BCUT2D eigenvalue weighted by molar-refractivity contribution is 0.0688. The topological polar surface area (TPSA) is 114 Å². The van der Waals surface area contributed by atoms with Crippen LogP contribution in [0.1, 0.15) is 20.8 Å². The van der Waals surface area contributed by atoms with Crippen LogP contribution in [0.25, 0.3) is 16.6 Å². The Morgan fingerprint density at radius 2 is 1.78 bits per heavy atom. The van der Waals surface area contributed by atoms with Gasteiger partial charge >= 0.3 is 5.97 Å². The molecule has 0 aliphatic carbocycles. The van der Waals surface area contributed by atoms with Crippen LogP contribution < -0.4 is 10.9 Å². The number of carboxylic acid groups (broad SMARTS) is 1. The smallest absolute Gasteiger partial charge is 0.356 e. The maximum absolute atomic E-state index is 12.7. The second-order valence-corrected chi connectivity index (χ2v) is 5.76. The Morgan fingerprint density at radius 3 is 2.52 bits per heavy atom. The molecule has 0 unspecified atom stereocenters. The van der Waals surface area contributed by atoms with Crippen LogP contribution in [0.3, 0.4) is 0 Å². The lowest BCUT2D eigenvalue weighted by Gasteiger charge is -2.07. The molecule has 0 bridgehead atoms. The molecule has 0 radical (unpaired) electrons. The molecule has 0 saturated heterocycles. The zero-order chi connectivity index (χ0) is 19.0. The first-order chi connectivity index (χ1) is 13.0. The van der Waals surface area contributed by atoms with Gasteiger partial charge in [0.05, 0.1) is 10.9 Å². The van der Waals surface area contributed by atoms with Crippen molar-refractivity contribution in [2.45, 2.75) is 0 Å². The molecule has 4 rings (SSSR count). The molecule has 8 heteroatoms. The van der Waals surface area contributed by atoms with Gasteiger partial charge in [0.1, 0.15) is 0 Å². The first-order valence-electron chi connectivity index (χ1n) is 7.96. The zero-order valence-electron chi connectivity index (χ0n) is 13.8. The first kappa shape index (κ1) is 16.4. The van der Waals surface area contributed by atoms with E-state index in [2.05, 4.69) is 15.4 Å². The molecule has 0 saturated carbocycles. The maximum Gasteiger partial charge on any atom is 0.356 e. The van der Waals surface area contributed by atoms with Crippen LogP contribution in [0.15, 0.2) is 65.5 Å². The van der Waals surface area contributed by atoms with Gasteiger partial charge in [-0.25, -0.2) is 9.78 Å². The fourth-order valence-corrected chi connectivity index (χ4v) is 2.68. The molecule has 0 spiro atoms. The number of carboxylic acids is 1. The van der Waals surface area contributed by atoms with Crippen LogP contribution in [0, 0.1) is 0 Å². The first-order valence-corrected chi connectivity index (χ1v) is 7.96. The number of nitrogens with zero attached hydrogens (tertiary/aromatic N) is 3. The maximum atomic E-state index is 12.7. The number of carbonyl (C=O) groups is 2. The summed E-state index contributed by atoms with van der Waals surface area (Å²) in [4.78, 5) is 40.4. The van der Waals surface area contributed by atoms with Gasteiger partial charge in [-0.2, -0.15) is 9.61 Å². The molecular weight excluding hydrogens is 348 g/mol. The number of aromatic nitrogens is 3. The van der Waals surface area contributed by atoms with Gasteiger partial charge in [-0.15, -0.1) is 0 Å². The number of fused-ring (bicyclic) bond motifs is 2. The van der Waals surface area contributed by atoms with E-state index in [-0.39, 0.29) is 22.6 Å². The molecule has 2 aromatic heterocycles. The van der Waals surface area contributed by atoms with Gasteiger partial charge in [0.2, 0.25) is 0 Å². The highest BCUT2D eigenvalue weighted by atomic mass is 16.4. The monoisotopic (exact) mass is 360 g/mol. The molecule has 2 heterocycles. The highest BCUT2D eigenvalue weighted by Crippen LogP contribution is 2.16. The summed E-state index contributed by atoms with van der Waals surface area (Å²) in [6.07, 6.45) is 0. The number of aromatic carboxylic acids is 1. The van der Waals surface area contributed by atoms with E-state index in [1.54, 1.807) is 36.4 Å². The van der Waals surface area contributed by atoms with Gasteiger partial charge in [0.15, 0.2) is 11.3 Å². The fraction of sp³-hybridized carbons (Fsp3) is 0. The Hall–Kier alpha value is -4.07. The molecule has 132 valence electrons. The Bertz CT molecular complexity index is 1270. The Balaban J connectivity index is 1.80. The van der Waals surface area contributed by atoms with Crippen molar-refractivity contribution < 1.29 is 14.7 Å². The van der Waals surface area contributed by atoms with E-state index in [4.69, 9.17) is 5.11 Å². The van der Waals surface area contributed by atoms with Gasteiger partial charge < -0.3 is 10.4 Å². The molecule has 27 heavy (non-hydrogen) atoms. The highest BCUT2D eigenvalue weighted by molar-refractivity contribution is 6.05. The summed E-state index contributed by atoms with van der Waals surface area (Å²) in [6, 6.07) is 16.1. The number of carbonyl (C=O) groups excluding carboxylic acids is 1. The molecule has 0 atom stereocenters. The minimum absolute atomic E-state index is 0.216. The van der Waals surface area contributed by atoms with Crippen molar-refractivity contribution in [2.75, 3.05) is 5.32 Å². The number of hydrogen-bond acceptors (Lipinski definition) is 5. The summed E-state index contributed by atoms with van der Waals surface area (Å²) in [5.41, 5.74) is 0.776. The van der Waals surface area contributed by atoms with Crippen molar-refractivity contribution >= 4 is 34.1 Å². The minimum atomic E-state index is -1.24. The molecule has 8 nitrogen and oxygen atoms in total. The van der Waals surface area contributed by atoms with Gasteiger partial charge in [-0.3, -0.25) is 9.59 Å². The normalized spacial score (nSPS) is 10.8. The minimum Gasteiger partial charge on any atom is -0.476 e. The van der Waals surface area contributed by atoms with Crippen LogP contribution in [-0.4, -0.2) is 31.6 Å². The van der Waals surface area contributed by atoms with Gasteiger partial charge in [-0.05, 0) is 42.5 Å². The molecule has 0 aliphatic rings. The number of benzene rings is 2. The van der Waals surface area contributed by atoms with Crippen LogP contribution in [0.5, 0.6) is 0 Å². The van der Waals surface area contributed by atoms with E-state index in [0.717, 1.165) is 4.52 Å². The summed E-state index contributed by atoms with van der Waals surface area (Å²) in [5, 5.41) is 15.8. The van der Waals surface area contributed by atoms with Crippen LogP contribution in [0.4, 0.5) is 5.69 Å². The van der Waals surface area contributed by atoms with E-state index in [1.807, 2.05) is 6.07 Å². The third-order valence-corrected chi connectivity index (χ3v) is 3.98. The second-order valence-electron chi connectivity index (χ2n) is 5.76. The van der Waals surface area contributed by atoms with Crippen LogP contribution >= 0.6 is 0 Å². The highest BCUT2D eigenvalue weighted by Gasteiger charge is 2.12. The number of amides is 1. The molecule has 4 aromatic rings. The summed E-state index contributed by atoms with van der Waals surface area (Å²) in [6.45, 7) is 0. The Labute approximate surface area is 151 Å². The van der Waals surface area contributed by atoms with Gasteiger partial charge in [0.25, 0.3) is 11.5 Å². The van der Waals surface area contributed by atoms with E-state index < -0.39 is 11.5 Å². The number of nitrogens with one attached hydrogen (secondary N) is 1. The Kier molecular flexibility index (Phi) is 3.85. The van der Waals surface area contributed by atoms with E-state index in [1.165, 1.54) is 18.2 Å². The molecule has 0 aliphatic heterocycles. The summed E-state index contributed by atoms with van der Waals surface area (Å²) in [5.74, 6) is -1.55. The average Bonchev–Trinajstić information content (AvgIpc) is 2.69.